The lowest BCUT2D eigenvalue weighted by molar-refractivity contribution is -0.125. The zero-order valence-electron chi connectivity index (χ0n) is 18.1. The summed E-state index contributed by atoms with van der Waals surface area (Å²) < 4.78 is 10.1. The molecule has 1 aromatic carbocycles. The van der Waals surface area contributed by atoms with Gasteiger partial charge in [0.15, 0.2) is 6.61 Å². The van der Waals surface area contributed by atoms with Crippen molar-refractivity contribution in [1.29, 1.82) is 0 Å². The number of thiophene rings is 1. The fourth-order valence-electron chi connectivity index (χ4n) is 2.99. The number of imide groups is 1. The van der Waals surface area contributed by atoms with Crippen LogP contribution in [0.3, 0.4) is 0 Å². The van der Waals surface area contributed by atoms with E-state index in [4.69, 9.17) is 9.47 Å². The number of nitrogens with one attached hydrogen (secondary N) is 2. The Morgan fingerprint density at radius 2 is 1.82 bits per heavy atom. The number of aryl methyl sites for hydroxylation is 1. The Morgan fingerprint density at radius 1 is 1.09 bits per heavy atom. The third-order valence-electron chi connectivity index (χ3n) is 4.68. The molecule has 33 heavy (non-hydrogen) atoms. The number of ether oxygens (including phenoxy) is 2. The summed E-state index contributed by atoms with van der Waals surface area (Å²) in [5, 5.41) is 5.37. The number of urea groups is 1. The van der Waals surface area contributed by atoms with E-state index in [2.05, 4.69) is 10.6 Å². The molecule has 0 radical (unpaired) electrons. The summed E-state index contributed by atoms with van der Waals surface area (Å²) in [6.07, 6.45) is 0.689. The molecule has 1 aliphatic heterocycles. The van der Waals surface area contributed by atoms with E-state index in [-0.39, 0.29) is 36.7 Å². The van der Waals surface area contributed by atoms with E-state index in [0.717, 1.165) is 9.78 Å². The van der Waals surface area contributed by atoms with Gasteiger partial charge in [-0.15, -0.1) is 11.3 Å². The van der Waals surface area contributed by atoms with Crippen molar-refractivity contribution in [3.63, 3.8) is 0 Å². The lowest BCUT2D eigenvalue weighted by atomic mass is 10.1. The first-order valence-electron chi connectivity index (χ1n) is 10.3. The number of rotatable bonds is 9. The Balaban J connectivity index is 1.55. The molecule has 0 bridgehead atoms. The molecule has 0 aliphatic carbocycles. The normalized spacial score (nSPS) is 13.0. The predicted octanol–water partition coefficient (Wildman–Crippen LogP) is 2.33. The molecule has 174 valence electrons. The Kier molecular flexibility index (Phi) is 7.78. The molecule has 0 unspecified atom stereocenters. The van der Waals surface area contributed by atoms with Crippen LogP contribution in [0.15, 0.2) is 30.3 Å². The van der Waals surface area contributed by atoms with E-state index in [1.807, 2.05) is 6.92 Å². The lowest BCUT2D eigenvalue weighted by Crippen LogP contribution is -2.30. The zero-order chi connectivity index (χ0) is 24.0. The van der Waals surface area contributed by atoms with Crippen LogP contribution in [-0.2, 0) is 32.0 Å². The van der Waals surface area contributed by atoms with Gasteiger partial charge >= 0.3 is 18.0 Å². The SMILES string of the molecule is CCOC(=O)c1cc(CC)sc1NC(=O)COC(=O)c1ccc(CN2C(=O)CNC2=O)cc1. The Bertz CT molecular complexity index is 1060. The molecule has 1 aliphatic rings. The Labute approximate surface area is 193 Å². The molecule has 0 saturated carbocycles. The van der Waals surface area contributed by atoms with Gasteiger partial charge in [0.1, 0.15) is 5.00 Å². The second kappa shape index (κ2) is 10.7. The van der Waals surface area contributed by atoms with Crippen LogP contribution in [0.5, 0.6) is 0 Å². The van der Waals surface area contributed by atoms with Crippen molar-refractivity contribution in [2.24, 2.45) is 0 Å². The highest BCUT2D eigenvalue weighted by molar-refractivity contribution is 7.16. The smallest absolute Gasteiger partial charge is 0.341 e. The molecule has 1 saturated heterocycles. The lowest BCUT2D eigenvalue weighted by Gasteiger charge is -2.12. The summed E-state index contributed by atoms with van der Waals surface area (Å²) in [7, 11) is 0. The van der Waals surface area contributed by atoms with Gasteiger partial charge in [-0.05, 0) is 37.1 Å². The van der Waals surface area contributed by atoms with E-state index >= 15 is 0 Å². The van der Waals surface area contributed by atoms with Gasteiger partial charge in [0, 0.05) is 4.88 Å². The number of hydrogen-bond acceptors (Lipinski definition) is 8. The molecular weight excluding hydrogens is 450 g/mol. The van der Waals surface area contributed by atoms with Gasteiger partial charge in [-0.1, -0.05) is 19.1 Å². The van der Waals surface area contributed by atoms with Crippen molar-refractivity contribution in [3.8, 4) is 0 Å². The number of carbonyl (C=O) groups is 5. The van der Waals surface area contributed by atoms with Crippen molar-refractivity contribution in [2.75, 3.05) is 25.1 Å². The highest BCUT2D eigenvalue weighted by Crippen LogP contribution is 2.29. The standard InChI is InChI=1S/C22H23N3O7S/c1-3-15-9-16(21(29)31-4-2)19(33-15)24-17(26)12-32-20(28)14-7-5-13(6-8-14)11-25-18(27)10-23-22(25)30/h5-9H,3-4,10-12H2,1-2H3,(H,23,30)(H,24,26). The van der Waals surface area contributed by atoms with Gasteiger partial charge in [-0.2, -0.15) is 0 Å². The van der Waals surface area contributed by atoms with Crippen LogP contribution >= 0.6 is 11.3 Å². The number of hydrogen-bond donors (Lipinski definition) is 2. The molecule has 3 rings (SSSR count). The number of carbonyl (C=O) groups excluding carboxylic acids is 5. The first kappa shape index (κ1) is 23.9. The molecule has 1 aromatic heterocycles. The van der Waals surface area contributed by atoms with E-state index < -0.39 is 30.5 Å². The third kappa shape index (κ3) is 5.95. The van der Waals surface area contributed by atoms with Crippen molar-refractivity contribution in [3.05, 3.63) is 51.9 Å². The quantitative estimate of drug-likeness (QED) is 0.422. The maximum absolute atomic E-state index is 12.3. The van der Waals surface area contributed by atoms with Crippen molar-refractivity contribution in [1.82, 2.24) is 10.2 Å². The number of benzene rings is 1. The summed E-state index contributed by atoms with van der Waals surface area (Å²) in [5.41, 5.74) is 1.13. The summed E-state index contributed by atoms with van der Waals surface area (Å²) in [6, 6.07) is 7.38. The second-order valence-electron chi connectivity index (χ2n) is 6.99. The average molecular weight is 474 g/mol. The fraction of sp³-hybridized carbons (Fsp3) is 0.318. The molecule has 11 heteroatoms. The second-order valence-corrected chi connectivity index (χ2v) is 8.13. The largest absolute Gasteiger partial charge is 0.462 e. The van der Waals surface area contributed by atoms with Crippen LogP contribution in [0.4, 0.5) is 9.80 Å². The molecule has 4 amide bonds. The van der Waals surface area contributed by atoms with Crippen LogP contribution in [0.2, 0.25) is 0 Å². The van der Waals surface area contributed by atoms with E-state index in [1.54, 1.807) is 25.1 Å². The first-order valence-corrected chi connectivity index (χ1v) is 11.1. The van der Waals surface area contributed by atoms with Gasteiger partial charge < -0.3 is 20.1 Å². The summed E-state index contributed by atoms with van der Waals surface area (Å²) >= 11 is 1.26. The highest BCUT2D eigenvalue weighted by atomic mass is 32.1. The molecule has 0 spiro atoms. The highest BCUT2D eigenvalue weighted by Gasteiger charge is 2.28. The number of amides is 4. The minimum atomic E-state index is -0.710. The summed E-state index contributed by atoms with van der Waals surface area (Å²) in [4.78, 5) is 61.9. The van der Waals surface area contributed by atoms with Gasteiger partial charge in [0.2, 0.25) is 5.91 Å². The molecule has 2 N–H and O–H groups in total. The van der Waals surface area contributed by atoms with Crippen molar-refractivity contribution in [2.45, 2.75) is 26.8 Å². The first-order chi connectivity index (χ1) is 15.8. The summed E-state index contributed by atoms with van der Waals surface area (Å²) in [6.45, 7) is 3.35. The third-order valence-corrected chi connectivity index (χ3v) is 5.88. The maximum Gasteiger partial charge on any atom is 0.341 e. The summed E-state index contributed by atoms with van der Waals surface area (Å²) in [5.74, 6) is -2.15. The molecule has 10 nitrogen and oxygen atoms in total. The monoisotopic (exact) mass is 473 g/mol. The van der Waals surface area contributed by atoms with E-state index in [1.165, 1.54) is 23.5 Å². The maximum atomic E-state index is 12.3. The van der Waals surface area contributed by atoms with Crippen LogP contribution in [0.1, 0.15) is 45.0 Å². The number of anilines is 1. The van der Waals surface area contributed by atoms with Crippen LogP contribution < -0.4 is 10.6 Å². The Morgan fingerprint density at radius 3 is 2.42 bits per heavy atom. The molecular formula is C22H23N3O7S. The molecule has 0 atom stereocenters. The van der Waals surface area contributed by atoms with Crippen LogP contribution in [-0.4, -0.2) is 54.4 Å². The van der Waals surface area contributed by atoms with E-state index in [0.29, 0.717) is 17.0 Å². The minimum absolute atomic E-state index is 0.0299. The predicted molar refractivity (Wildman–Crippen MR) is 119 cm³/mol. The number of esters is 2. The zero-order valence-corrected chi connectivity index (χ0v) is 19.0. The topological polar surface area (TPSA) is 131 Å². The molecule has 1 fully saturated rings. The van der Waals surface area contributed by atoms with Gasteiger partial charge in [0.25, 0.3) is 5.91 Å². The Hall–Kier alpha value is -3.73. The van der Waals surface area contributed by atoms with Gasteiger partial charge in [0.05, 0.1) is 30.8 Å². The average Bonchev–Trinajstić information content (AvgIpc) is 3.36. The molecule has 2 aromatic rings. The van der Waals surface area contributed by atoms with Crippen molar-refractivity contribution >= 4 is 46.1 Å². The van der Waals surface area contributed by atoms with Crippen LogP contribution in [0, 0.1) is 0 Å². The van der Waals surface area contributed by atoms with Crippen LogP contribution in [0.25, 0.3) is 0 Å². The minimum Gasteiger partial charge on any atom is -0.462 e. The van der Waals surface area contributed by atoms with Crippen molar-refractivity contribution < 1.29 is 33.4 Å². The van der Waals surface area contributed by atoms with Gasteiger partial charge in [-0.25, -0.2) is 14.4 Å². The van der Waals surface area contributed by atoms with E-state index in [9.17, 15) is 24.0 Å². The fourth-order valence-corrected chi connectivity index (χ4v) is 3.99. The van der Waals surface area contributed by atoms with Gasteiger partial charge in [-0.3, -0.25) is 14.5 Å². The number of nitrogens with zero attached hydrogens (tertiary/aromatic N) is 1. The molecule has 2 heterocycles.